The minimum atomic E-state index is -0.178. The highest BCUT2D eigenvalue weighted by Gasteiger charge is 2.38. The lowest BCUT2D eigenvalue weighted by atomic mass is 9.83. The number of hydrogen-bond acceptors (Lipinski definition) is 4. The Morgan fingerprint density at radius 2 is 1.79 bits per heavy atom. The fourth-order valence-electron chi connectivity index (χ4n) is 4.25. The molecular formula is C24H40O4. The van der Waals surface area contributed by atoms with Crippen LogP contribution in [0.25, 0.3) is 0 Å². The smallest absolute Gasteiger partial charge is 0.305 e. The van der Waals surface area contributed by atoms with Crippen LogP contribution in [0.1, 0.15) is 97.3 Å². The van der Waals surface area contributed by atoms with Crippen molar-refractivity contribution in [3.8, 4) is 0 Å². The Morgan fingerprint density at radius 3 is 2.50 bits per heavy atom. The summed E-state index contributed by atoms with van der Waals surface area (Å²) in [5, 5.41) is 0. The van der Waals surface area contributed by atoms with E-state index in [4.69, 9.17) is 0 Å². The number of ether oxygens (including phenoxy) is 1. The van der Waals surface area contributed by atoms with Gasteiger partial charge in [-0.1, -0.05) is 51.7 Å². The average molecular weight is 393 g/mol. The molecule has 0 amide bonds. The van der Waals surface area contributed by atoms with E-state index in [2.05, 4.69) is 30.7 Å². The topological polar surface area (TPSA) is 60.4 Å². The van der Waals surface area contributed by atoms with Crippen LogP contribution in [0.2, 0.25) is 0 Å². The van der Waals surface area contributed by atoms with Gasteiger partial charge in [0.25, 0.3) is 0 Å². The van der Waals surface area contributed by atoms with E-state index < -0.39 is 0 Å². The predicted molar refractivity (Wildman–Crippen MR) is 113 cm³/mol. The van der Waals surface area contributed by atoms with Crippen LogP contribution in [0.15, 0.2) is 12.2 Å². The summed E-state index contributed by atoms with van der Waals surface area (Å²) in [6.07, 6.45) is 15.6. The molecule has 0 N–H and O–H groups in total. The van der Waals surface area contributed by atoms with Gasteiger partial charge in [0.05, 0.1) is 7.11 Å². The molecule has 1 saturated carbocycles. The van der Waals surface area contributed by atoms with Crippen molar-refractivity contribution in [2.24, 2.45) is 17.8 Å². The highest BCUT2D eigenvalue weighted by molar-refractivity contribution is 5.84. The number of unbranched alkanes of at least 4 members (excludes halogenated alkanes) is 5. The van der Waals surface area contributed by atoms with Crippen LogP contribution in [0.4, 0.5) is 0 Å². The standard InChI is InChI=1S/C24H40O4/c1-4-5-6-7-10-13-20(25)16-17-21-19(2)18-23(26)22(21)14-11-8-9-12-15-24(27)28-3/h8,11,19,21-22H,4-7,9-10,12-18H2,1-3H3/t19-,21+,22+/m0/s1. The summed E-state index contributed by atoms with van der Waals surface area (Å²) in [6, 6.07) is 0. The average Bonchev–Trinajstić information content (AvgIpc) is 2.94. The summed E-state index contributed by atoms with van der Waals surface area (Å²) < 4.78 is 4.63. The molecule has 160 valence electrons. The molecule has 0 aromatic heterocycles. The number of carbonyl (C=O) groups excluding carboxylic acids is 3. The third-order valence-electron chi connectivity index (χ3n) is 6.04. The van der Waals surface area contributed by atoms with Crippen LogP contribution in [0.3, 0.4) is 0 Å². The zero-order valence-corrected chi connectivity index (χ0v) is 18.2. The number of methoxy groups -OCH3 is 1. The number of ketones is 2. The lowest BCUT2D eigenvalue weighted by Crippen LogP contribution is -2.17. The number of carbonyl (C=O) groups is 3. The molecule has 0 unspecified atom stereocenters. The van der Waals surface area contributed by atoms with Crippen molar-refractivity contribution in [3.05, 3.63) is 12.2 Å². The van der Waals surface area contributed by atoms with Crippen molar-refractivity contribution >= 4 is 17.5 Å². The molecule has 0 bridgehead atoms. The first kappa shape index (κ1) is 24.6. The summed E-state index contributed by atoms with van der Waals surface area (Å²) >= 11 is 0. The Balaban J connectivity index is 2.33. The third-order valence-corrected chi connectivity index (χ3v) is 6.04. The first-order valence-electron chi connectivity index (χ1n) is 11.3. The second-order valence-electron chi connectivity index (χ2n) is 8.34. The molecule has 0 aliphatic heterocycles. The van der Waals surface area contributed by atoms with Gasteiger partial charge in [0.1, 0.15) is 11.6 Å². The molecule has 1 fully saturated rings. The first-order valence-corrected chi connectivity index (χ1v) is 11.3. The maximum Gasteiger partial charge on any atom is 0.305 e. The Morgan fingerprint density at radius 1 is 1.04 bits per heavy atom. The van der Waals surface area contributed by atoms with E-state index in [1.165, 1.54) is 26.4 Å². The van der Waals surface area contributed by atoms with Gasteiger partial charge in [-0.05, 0) is 43.9 Å². The zero-order valence-electron chi connectivity index (χ0n) is 18.2. The number of esters is 1. The molecule has 4 nitrogen and oxygen atoms in total. The van der Waals surface area contributed by atoms with E-state index in [-0.39, 0.29) is 11.9 Å². The maximum absolute atomic E-state index is 12.4. The second-order valence-corrected chi connectivity index (χ2v) is 8.34. The van der Waals surface area contributed by atoms with Gasteiger partial charge in [-0.15, -0.1) is 0 Å². The highest BCUT2D eigenvalue weighted by atomic mass is 16.5. The van der Waals surface area contributed by atoms with E-state index >= 15 is 0 Å². The van der Waals surface area contributed by atoms with Gasteiger partial charge < -0.3 is 4.74 Å². The first-order chi connectivity index (χ1) is 13.5. The van der Waals surface area contributed by atoms with Gasteiger partial charge in [-0.3, -0.25) is 14.4 Å². The molecule has 0 heterocycles. The summed E-state index contributed by atoms with van der Waals surface area (Å²) in [5.41, 5.74) is 0. The Labute approximate surface area is 171 Å². The molecule has 3 atom stereocenters. The lowest BCUT2D eigenvalue weighted by molar-refractivity contribution is -0.140. The van der Waals surface area contributed by atoms with Crippen LogP contribution in [0, 0.1) is 17.8 Å². The van der Waals surface area contributed by atoms with Gasteiger partial charge in [-0.2, -0.15) is 0 Å². The molecule has 1 rings (SSSR count). The van der Waals surface area contributed by atoms with E-state index in [9.17, 15) is 14.4 Å². The van der Waals surface area contributed by atoms with Crippen molar-refractivity contribution in [1.82, 2.24) is 0 Å². The number of allylic oxidation sites excluding steroid dienone is 2. The van der Waals surface area contributed by atoms with E-state index in [1.54, 1.807) is 0 Å². The number of hydrogen-bond donors (Lipinski definition) is 0. The van der Waals surface area contributed by atoms with Crippen LogP contribution in [-0.2, 0) is 19.1 Å². The van der Waals surface area contributed by atoms with Crippen LogP contribution in [0.5, 0.6) is 0 Å². The molecule has 28 heavy (non-hydrogen) atoms. The Hall–Kier alpha value is -1.45. The predicted octanol–water partition coefficient (Wildman–Crippen LogP) is 5.83. The molecule has 1 aliphatic carbocycles. The maximum atomic E-state index is 12.4. The van der Waals surface area contributed by atoms with Crippen molar-refractivity contribution < 1.29 is 19.1 Å². The van der Waals surface area contributed by atoms with Crippen LogP contribution >= 0.6 is 0 Å². The van der Waals surface area contributed by atoms with Crippen molar-refractivity contribution in [1.29, 1.82) is 0 Å². The zero-order chi connectivity index (χ0) is 20.8. The van der Waals surface area contributed by atoms with Gasteiger partial charge in [0.2, 0.25) is 0 Å². The molecule has 0 spiro atoms. The summed E-state index contributed by atoms with van der Waals surface area (Å²) in [7, 11) is 1.41. The lowest BCUT2D eigenvalue weighted by Gasteiger charge is -2.20. The quantitative estimate of drug-likeness (QED) is 0.200. The van der Waals surface area contributed by atoms with E-state index in [0.29, 0.717) is 49.1 Å². The molecule has 0 radical (unpaired) electrons. The van der Waals surface area contributed by atoms with Gasteiger partial charge in [0.15, 0.2) is 0 Å². The van der Waals surface area contributed by atoms with E-state index in [0.717, 1.165) is 38.5 Å². The monoisotopic (exact) mass is 392 g/mol. The minimum Gasteiger partial charge on any atom is -0.469 e. The van der Waals surface area contributed by atoms with Gasteiger partial charge in [-0.25, -0.2) is 0 Å². The number of Topliss-reactive ketones (excluding diaryl/α,β-unsaturated/α-hetero) is 2. The van der Waals surface area contributed by atoms with Crippen molar-refractivity contribution in [2.75, 3.05) is 7.11 Å². The van der Waals surface area contributed by atoms with Crippen molar-refractivity contribution in [3.63, 3.8) is 0 Å². The molecule has 1 aliphatic rings. The second kappa shape index (κ2) is 14.5. The molecule has 0 aromatic rings. The third kappa shape index (κ3) is 9.66. The van der Waals surface area contributed by atoms with E-state index in [1.807, 2.05) is 0 Å². The van der Waals surface area contributed by atoms with Gasteiger partial charge in [0, 0.05) is 31.6 Å². The molecule has 4 heteroatoms. The Kier molecular flexibility index (Phi) is 12.8. The summed E-state index contributed by atoms with van der Waals surface area (Å²) in [5.74, 6) is 1.30. The normalized spacial score (nSPS) is 22.1. The van der Waals surface area contributed by atoms with Crippen LogP contribution in [-0.4, -0.2) is 24.6 Å². The Bertz CT molecular complexity index is 509. The largest absolute Gasteiger partial charge is 0.469 e. The van der Waals surface area contributed by atoms with Crippen molar-refractivity contribution in [2.45, 2.75) is 97.3 Å². The molecular weight excluding hydrogens is 352 g/mol. The highest BCUT2D eigenvalue weighted by Crippen LogP contribution is 2.39. The summed E-state index contributed by atoms with van der Waals surface area (Å²) in [4.78, 5) is 35.7. The summed E-state index contributed by atoms with van der Waals surface area (Å²) in [6.45, 7) is 4.35. The van der Waals surface area contributed by atoms with Crippen LogP contribution < -0.4 is 0 Å². The fourth-order valence-corrected chi connectivity index (χ4v) is 4.25. The van der Waals surface area contributed by atoms with Gasteiger partial charge >= 0.3 is 5.97 Å². The minimum absolute atomic E-state index is 0.0595. The SMILES string of the molecule is CCCCCCCC(=O)CC[C@@H]1[C@@H](C)CC(=O)[C@@H]1CC=CCCCC(=O)OC. The number of rotatable bonds is 15. The molecule has 0 aromatic carbocycles. The fraction of sp³-hybridized carbons (Fsp3) is 0.792. The molecule has 0 saturated heterocycles.